The van der Waals surface area contributed by atoms with Gasteiger partial charge in [-0.05, 0) is 43.4 Å². The van der Waals surface area contributed by atoms with Crippen LogP contribution in [-0.4, -0.2) is 40.0 Å². The predicted octanol–water partition coefficient (Wildman–Crippen LogP) is 4.53. The molecule has 3 rings (SSSR count). The van der Waals surface area contributed by atoms with Crippen LogP contribution in [0.25, 0.3) is 11.0 Å². The first-order valence-corrected chi connectivity index (χ1v) is 9.76. The molecule has 0 radical (unpaired) electrons. The van der Waals surface area contributed by atoms with E-state index in [4.69, 9.17) is 0 Å². The lowest BCUT2D eigenvalue weighted by Crippen LogP contribution is -2.27. The van der Waals surface area contributed by atoms with Gasteiger partial charge in [-0.15, -0.1) is 0 Å². The lowest BCUT2D eigenvalue weighted by Gasteiger charge is -2.19. The van der Waals surface area contributed by atoms with E-state index in [1.807, 2.05) is 28.8 Å². The smallest absolute Gasteiger partial charge is 0.260 e. The molecule has 2 aromatic carbocycles. The number of nitrogens with zero attached hydrogens (tertiary/aromatic N) is 3. The zero-order valence-corrected chi connectivity index (χ0v) is 17.0. The van der Waals surface area contributed by atoms with E-state index < -0.39 is 11.7 Å². The van der Waals surface area contributed by atoms with Gasteiger partial charge >= 0.3 is 0 Å². The third-order valence-electron chi connectivity index (χ3n) is 4.59. The van der Waals surface area contributed by atoms with Crippen LogP contribution in [-0.2, 0) is 6.54 Å². The lowest BCUT2D eigenvalue weighted by molar-refractivity contribution is 0.102. The number of fused-ring (bicyclic) bond motifs is 1. The summed E-state index contributed by atoms with van der Waals surface area (Å²) in [6.07, 6.45) is 0. The second-order valence-corrected chi connectivity index (χ2v) is 7.10. The SMILES string of the molecule is CCN(CC)CCn1c(NC(=O)c2cc(Br)ccc2F)nc2ccccc21. The fourth-order valence-corrected chi connectivity index (χ4v) is 3.38. The minimum Gasteiger partial charge on any atom is -0.309 e. The molecular weight excluding hydrogens is 411 g/mol. The van der Waals surface area contributed by atoms with Crippen LogP contribution in [0.15, 0.2) is 46.9 Å². The lowest BCUT2D eigenvalue weighted by atomic mass is 10.2. The van der Waals surface area contributed by atoms with Crippen LogP contribution >= 0.6 is 15.9 Å². The Labute approximate surface area is 166 Å². The van der Waals surface area contributed by atoms with Gasteiger partial charge in [0.25, 0.3) is 5.91 Å². The van der Waals surface area contributed by atoms with Crippen molar-refractivity contribution in [3.05, 3.63) is 58.3 Å². The summed E-state index contributed by atoms with van der Waals surface area (Å²) in [5.41, 5.74) is 1.71. The minimum absolute atomic E-state index is 0.0216. The number of aromatic nitrogens is 2. The summed E-state index contributed by atoms with van der Waals surface area (Å²) in [6, 6.07) is 12.0. The van der Waals surface area contributed by atoms with Crippen molar-refractivity contribution in [2.45, 2.75) is 20.4 Å². The molecule has 0 aliphatic rings. The summed E-state index contributed by atoms with van der Waals surface area (Å²) in [5.74, 6) is -0.664. The van der Waals surface area contributed by atoms with E-state index in [0.29, 0.717) is 17.0 Å². The Balaban J connectivity index is 1.92. The normalized spacial score (nSPS) is 11.3. The van der Waals surface area contributed by atoms with Crippen LogP contribution in [0.2, 0.25) is 0 Å². The van der Waals surface area contributed by atoms with Gasteiger partial charge in [0.1, 0.15) is 5.82 Å². The molecule has 1 aromatic heterocycles. The minimum atomic E-state index is -0.568. The van der Waals surface area contributed by atoms with E-state index in [1.54, 1.807) is 6.07 Å². The van der Waals surface area contributed by atoms with Crippen molar-refractivity contribution in [1.29, 1.82) is 0 Å². The van der Waals surface area contributed by atoms with Gasteiger partial charge in [0.15, 0.2) is 0 Å². The maximum Gasteiger partial charge on any atom is 0.260 e. The Morgan fingerprint density at radius 1 is 1.22 bits per heavy atom. The highest BCUT2D eigenvalue weighted by molar-refractivity contribution is 9.10. The van der Waals surface area contributed by atoms with Crippen molar-refractivity contribution in [3.63, 3.8) is 0 Å². The number of halogens is 2. The van der Waals surface area contributed by atoms with Crippen LogP contribution in [0.1, 0.15) is 24.2 Å². The molecule has 1 N–H and O–H groups in total. The third kappa shape index (κ3) is 4.36. The molecule has 0 unspecified atom stereocenters. The number of nitrogens with one attached hydrogen (secondary N) is 1. The number of rotatable bonds is 7. The Bertz CT molecular complexity index is 952. The molecule has 0 saturated heterocycles. The third-order valence-corrected chi connectivity index (χ3v) is 5.08. The molecule has 5 nitrogen and oxygen atoms in total. The van der Waals surface area contributed by atoms with Gasteiger partial charge in [-0.2, -0.15) is 0 Å². The number of anilines is 1. The highest BCUT2D eigenvalue weighted by atomic mass is 79.9. The first kappa shape index (κ1) is 19.5. The van der Waals surface area contributed by atoms with E-state index in [2.05, 4.69) is 45.0 Å². The molecule has 0 aliphatic carbocycles. The molecule has 1 amide bonds. The molecular formula is C20H22BrFN4O. The maximum absolute atomic E-state index is 14.1. The van der Waals surface area contributed by atoms with Gasteiger partial charge in [-0.3, -0.25) is 10.1 Å². The summed E-state index contributed by atoms with van der Waals surface area (Å²) < 4.78 is 16.7. The summed E-state index contributed by atoms with van der Waals surface area (Å²) in [6.45, 7) is 7.66. The summed E-state index contributed by atoms with van der Waals surface area (Å²) >= 11 is 3.28. The molecule has 0 fully saturated rings. The van der Waals surface area contributed by atoms with Gasteiger partial charge in [0.05, 0.1) is 16.6 Å². The van der Waals surface area contributed by atoms with Gasteiger partial charge in [0, 0.05) is 17.6 Å². The highest BCUT2D eigenvalue weighted by Gasteiger charge is 2.17. The number of amides is 1. The largest absolute Gasteiger partial charge is 0.309 e. The predicted molar refractivity (Wildman–Crippen MR) is 110 cm³/mol. The average molecular weight is 433 g/mol. The maximum atomic E-state index is 14.1. The Hall–Kier alpha value is -2.25. The standard InChI is InChI=1S/C20H22BrFN4O/c1-3-25(4-2)11-12-26-18-8-6-5-7-17(18)23-20(26)24-19(27)15-13-14(21)9-10-16(15)22/h5-10,13H,3-4,11-12H2,1-2H3,(H,23,24,27). The second kappa shape index (κ2) is 8.63. The van der Waals surface area contributed by atoms with Crippen LogP contribution in [0.3, 0.4) is 0 Å². The molecule has 27 heavy (non-hydrogen) atoms. The van der Waals surface area contributed by atoms with E-state index in [1.165, 1.54) is 12.1 Å². The van der Waals surface area contributed by atoms with E-state index in [9.17, 15) is 9.18 Å². The van der Waals surface area contributed by atoms with Crippen molar-refractivity contribution in [2.24, 2.45) is 0 Å². The van der Waals surface area contributed by atoms with Crippen LogP contribution in [0, 0.1) is 5.82 Å². The number of hydrogen-bond donors (Lipinski definition) is 1. The molecule has 0 atom stereocenters. The van der Waals surface area contributed by atoms with Crippen LogP contribution in [0.5, 0.6) is 0 Å². The number of carbonyl (C=O) groups excluding carboxylic acids is 1. The zero-order chi connectivity index (χ0) is 19.4. The molecule has 1 heterocycles. The molecule has 3 aromatic rings. The zero-order valence-electron chi connectivity index (χ0n) is 15.4. The molecule has 142 valence electrons. The first-order valence-electron chi connectivity index (χ1n) is 8.97. The van der Waals surface area contributed by atoms with Crippen molar-refractivity contribution in [2.75, 3.05) is 25.0 Å². The fourth-order valence-electron chi connectivity index (χ4n) is 3.02. The molecule has 0 bridgehead atoms. The average Bonchev–Trinajstić information content (AvgIpc) is 3.01. The second-order valence-electron chi connectivity index (χ2n) is 6.18. The Morgan fingerprint density at radius 2 is 1.96 bits per heavy atom. The number of hydrogen-bond acceptors (Lipinski definition) is 3. The topological polar surface area (TPSA) is 50.2 Å². The Morgan fingerprint density at radius 3 is 2.70 bits per heavy atom. The number of benzene rings is 2. The first-order chi connectivity index (χ1) is 13.0. The van der Waals surface area contributed by atoms with E-state index in [-0.39, 0.29) is 5.56 Å². The number of carbonyl (C=O) groups is 1. The summed E-state index contributed by atoms with van der Waals surface area (Å²) in [4.78, 5) is 19.5. The summed E-state index contributed by atoms with van der Waals surface area (Å²) in [5, 5.41) is 2.78. The van der Waals surface area contributed by atoms with Gasteiger partial charge in [-0.25, -0.2) is 9.37 Å². The van der Waals surface area contributed by atoms with Crippen LogP contribution in [0.4, 0.5) is 10.3 Å². The molecule has 0 aliphatic heterocycles. The van der Waals surface area contributed by atoms with Gasteiger partial charge in [-0.1, -0.05) is 41.9 Å². The molecule has 0 spiro atoms. The number of likely N-dealkylation sites (N-methyl/N-ethyl adjacent to an activating group) is 1. The van der Waals surface area contributed by atoms with E-state index in [0.717, 1.165) is 30.7 Å². The number of para-hydroxylation sites is 2. The van der Waals surface area contributed by atoms with Crippen LogP contribution < -0.4 is 5.32 Å². The highest BCUT2D eigenvalue weighted by Crippen LogP contribution is 2.22. The van der Waals surface area contributed by atoms with Crippen molar-refractivity contribution in [1.82, 2.24) is 14.5 Å². The van der Waals surface area contributed by atoms with Crippen molar-refractivity contribution in [3.8, 4) is 0 Å². The fraction of sp³-hybridized carbons (Fsp3) is 0.300. The van der Waals surface area contributed by atoms with Crippen molar-refractivity contribution >= 4 is 38.8 Å². The Kier molecular flexibility index (Phi) is 6.23. The van der Waals surface area contributed by atoms with E-state index >= 15 is 0 Å². The van der Waals surface area contributed by atoms with Gasteiger partial charge in [0.2, 0.25) is 5.95 Å². The van der Waals surface area contributed by atoms with Crippen molar-refractivity contribution < 1.29 is 9.18 Å². The quantitative estimate of drug-likeness (QED) is 0.596. The van der Waals surface area contributed by atoms with Gasteiger partial charge < -0.3 is 9.47 Å². The summed E-state index contributed by atoms with van der Waals surface area (Å²) in [7, 11) is 0. The molecule has 0 saturated carbocycles. The molecule has 7 heteroatoms. The monoisotopic (exact) mass is 432 g/mol. The number of imidazole rings is 1.